The fraction of sp³-hybridized carbons (Fsp3) is 0.438. The second-order valence-corrected chi connectivity index (χ2v) is 4.98. The summed E-state index contributed by atoms with van der Waals surface area (Å²) >= 11 is 0. The standard InChI is InChI=1S/C16H21N2O2.BrH/c1-3-12-18(15-8-6-5-7-9-15)13-10-17(11-14-18)16(19)20-4-2;/h1,5-9H,4,10-14H2,2H3;1H/q+1;/p-1. The second-order valence-electron chi connectivity index (χ2n) is 4.98. The Balaban J connectivity index is 0.00000220. The molecule has 1 aromatic carbocycles. The van der Waals surface area contributed by atoms with E-state index in [1.807, 2.05) is 25.1 Å². The molecule has 1 aliphatic heterocycles. The van der Waals surface area contributed by atoms with Crippen LogP contribution in [-0.4, -0.2) is 50.3 Å². The molecule has 1 saturated heterocycles. The third kappa shape index (κ3) is 3.99. The molecule has 0 spiro atoms. The molecule has 0 aliphatic carbocycles. The molecule has 5 heteroatoms. The summed E-state index contributed by atoms with van der Waals surface area (Å²) in [6.45, 7) is 5.90. The molecule has 1 aromatic rings. The molecular weight excluding hydrogens is 332 g/mol. The van der Waals surface area contributed by atoms with E-state index < -0.39 is 0 Å². The number of para-hydroxylation sites is 1. The van der Waals surface area contributed by atoms with Crippen LogP contribution >= 0.6 is 0 Å². The SMILES string of the molecule is C#CC[N+]1(c2ccccc2)CCN(C(=O)OCC)CC1.[Br-]. The summed E-state index contributed by atoms with van der Waals surface area (Å²) in [5, 5.41) is 0. The molecule has 21 heavy (non-hydrogen) atoms. The van der Waals surface area contributed by atoms with Crippen LogP contribution in [0, 0.1) is 12.3 Å². The van der Waals surface area contributed by atoms with Crippen molar-refractivity contribution in [2.75, 3.05) is 39.3 Å². The summed E-state index contributed by atoms with van der Waals surface area (Å²) in [6, 6.07) is 10.3. The van der Waals surface area contributed by atoms with Gasteiger partial charge in [0.25, 0.3) is 0 Å². The van der Waals surface area contributed by atoms with E-state index in [-0.39, 0.29) is 23.1 Å². The van der Waals surface area contributed by atoms with Crippen LogP contribution < -0.4 is 21.5 Å². The number of nitrogens with zero attached hydrogens (tertiary/aromatic N) is 2. The van der Waals surface area contributed by atoms with Crippen molar-refractivity contribution in [3.8, 4) is 12.3 Å². The van der Waals surface area contributed by atoms with Crippen LogP contribution in [-0.2, 0) is 4.74 Å². The number of hydrogen-bond donors (Lipinski definition) is 0. The quantitative estimate of drug-likeness (QED) is 0.521. The first-order valence-corrected chi connectivity index (χ1v) is 6.99. The lowest BCUT2D eigenvalue weighted by Crippen LogP contribution is -3.00. The fourth-order valence-electron chi connectivity index (χ4n) is 2.67. The second kappa shape index (κ2) is 8.06. The lowest BCUT2D eigenvalue weighted by atomic mass is 10.1. The topological polar surface area (TPSA) is 29.5 Å². The van der Waals surface area contributed by atoms with Gasteiger partial charge >= 0.3 is 6.09 Å². The van der Waals surface area contributed by atoms with E-state index >= 15 is 0 Å². The Morgan fingerprint density at radius 1 is 1.33 bits per heavy atom. The molecule has 1 fully saturated rings. The Morgan fingerprint density at radius 3 is 2.48 bits per heavy atom. The highest BCUT2D eigenvalue weighted by Crippen LogP contribution is 2.25. The number of carbonyl (C=O) groups is 1. The molecule has 0 saturated carbocycles. The molecule has 0 atom stereocenters. The normalized spacial score (nSPS) is 16.5. The number of hydrogen-bond acceptors (Lipinski definition) is 2. The van der Waals surface area contributed by atoms with Crippen molar-refractivity contribution in [3.63, 3.8) is 0 Å². The van der Waals surface area contributed by atoms with Gasteiger partial charge < -0.3 is 21.7 Å². The van der Waals surface area contributed by atoms with Gasteiger partial charge in [-0.2, -0.15) is 0 Å². The van der Waals surface area contributed by atoms with E-state index in [4.69, 9.17) is 11.2 Å². The van der Waals surface area contributed by atoms with Gasteiger partial charge in [-0.1, -0.05) is 18.2 Å². The number of rotatable bonds is 3. The number of quaternary nitrogens is 1. The predicted octanol–water partition coefficient (Wildman–Crippen LogP) is -0.897. The zero-order valence-corrected chi connectivity index (χ0v) is 13.9. The minimum absolute atomic E-state index is 0. The summed E-state index contributed by atoms with van der Waals surface area (Å²) in [6.07, 6.45) is 5.33. The Hall–Kier alpha value is -1.51. The molecule has 2 rings (SSSR count). The molecule has 0 N–H and O–H groups in total. The van der Waals surface area contributed by atoms with Gasteiger partial charge in [-0.15, -0.1) is 6.42 Å². The van der Waals surface area contributed by atoms with Gasteiger partial charge in [-0.05, 0) is 25.0 Å². The number of amides is 1. The van der Waals surface area contributed by atoms with E-state index in [1.54, 1.807) is 4.90 Å². The Kier molecular flexibility index (Phi) is 6.73. The van der Waals surface area contributed by atoms with Crippen LogP contribution in [0.1, 0.15) is 6.92 Å². The summed E-state index contributed by atoms with van der Waals surface area (Å²) in [5.41, 5.74) is 1.22. The molecule has 0 aromatic heterocycles. The lowest BCUT2D eigenvalue weighted by molar-refractivity contribution is -0.0000130. The minimum atomic E-state index is -0.223. The molecule has 1 aliphatic rings. The largest absolute Gasteiger partial charge is 1.00 e. The molecular formula is C16H21BrN2O2. The van der Waals surface area contributed by atoms with E-state index in [0.717, 1.165) is 17.6 Å². The maximum atomic E-state index is 11.8. The van der Waals surface area contributed by atoms with Crippen molar-refractivity contribution in [1.82, 2.24) is 9.38 Å². The first-order valence-electron chi connectivity index (χ1n) is 6.99. The monoisotopic (exact) mass is 352 g/mol. The average Bonchev–Trinajstić information content (AvgIpc) is 2.49. The van der Waals surface area contributed by atoms with Crippen LogP contribution in [0.2, 0.25) is 0 Å². The Morgan fingerprint density at radius 2 is 1.95 bits per heavy atom. The molecule has 0 unspecified atom stereocenters. The Bertz CT molecular complexity index is 491. The third-order valence-electron chi connectivity index (χ3n) is 3.82. The summed E-state index contributed by atoms with van der Waals surface area (Å²) < 4.78 is 5.80. The van der Waals surface area contributed by atoms with Crippen LogP contribution in [0.25, 0.3) is 0 Å². The Labute approximate surface area is 137 Å². The maximum absolute atomic E-state index is 11.8. The predicted molar refractivity (Wildman–Crippen MR) is 80.3 cm³/mol. The number of piperazine rings is 1. The van der Waals surface area contributed by atoms with Crippen LogP contribution in [0.4, 0.5) is 10.5 Å². The smallest absolute Gasteiger partial charge is 0.410 e. The van der Waals surface area contributed by atoms with Crippen LogP contribution in [0.5, 0.6) is 0 Å². The first kappa shape index (κ1) is 17.5. The summed E-state index contributed by atoms with van der Waals surface area (Å²) in [4.78, 5) is 13.5. The molecule has 114 valence electrons. The van der Waals surface area contributed by atoms with Crippen molar-refractivity contribution >= 4 is 11.8 Å². The van der Waals surface area contributed by atoms with Crippen molar-refractivity contribution in [2.24, 2.45) is 0 Å². The zero-order valence-electron chi connectivity index (χ0n) is 12.3. The lowest BCUT2D eigenvalue weighted by Gasteiger charge is -2.42. The van der Waals surface area contributed by atoms with Crippen molar-refractivity contribution < 1.29 is 26.5 Å². The fourth-order valence-corrected chi connectivity index (χ4v) is 2.67. The summed E-state index contributed by atoms with van der Waals surface area (Å²) in [7, 11) is 0. The van der Waals surface area contributed by atoms with Gasteiger partial charge in [0.15, 0.2) is 0 Å². The van der Waals surface area contributed by atoms with Gasteiger partial charge in [0.1, 0.15) is 25.3 Å². The maximum Gasteiger partial charge on any atom is 0.410 e. The van der Waals surface area contributed by atoms with Gasteiger partial charge in [0.05, 0.1) is 19.7 Å². The first-order chi connectivity index (χ1) is 9.72. The average molecular weight is 353 g/mol. The number of ether oxygens (including phenoxy) is 1. The van der Waals surface area contributed by atoms with Crippen molar-refractivity contribution in [3.05, 3.63) is 30.3 Å². The minimum Gasteiger partial charge on any atom is -1.00 e. The van der Waals surface area contributed by atoms with E-state index in [0.29, 0.717) is 26.2 Å². The number of carbonyl (C=O) groups excluding carboxylic acids is 1. The van der Waals surface area contributed by atoms with E-state index in [9.17, 15) is 4.79 Å². The number of halogens is 1. The summed E-state index contributed by atoms with van der Waals surface area (Å²) in [5.74, 6) is 2.78. The molecule has 1 amide bonds. The highest BCUT2D eigenvalue weighted by Gasteiger charge is 2.36. The van der Waals surface area contributed by atoms with E-state index in [1.165, 1.54) is 5.69 Å². The highest BCUT2D eigenvalue weighted by atomic mass is 79.9. The zero-order chi connectivity index (χ0) is 14.4. The van der Waals surface area contributed by atoms with Gasteiger partial charge in [0, 0.05) is 0 Å². The molecule has 0 radical (unpaired) electrons. The van der Waals surface area contributed by atoms with Crippen LogP contribution in [0.15, 0.2) is 30.3 Å². The van der Waals surface area contributed by atoms with Crippen LogP contribution in [0.3, 0.4) is 0 Å². The number of terminal acetylenes is 1. The van der Waals surface area contributed by atoms with Gasteiger partial charge in [-0.25, -0.2) is 4.79 Å². The van der Waals surface area contributed by atoms with E-state index in [2.05, 4.69) is 18.1 Å². The third-order valence-corrected chi connectivity index (χ3v) is 3.82. The molecule has 0 bridgehead atoms. The van der Waals surface area contributed by atoms with Gasteiger partial charge in [0.2, 0.25) is 0 Å². The highest BCUT2D eigenvalue weighted by molar-refractivity contribution is 5.68. The number of benzene rings is 1. The van der Waals surface area contributed by atoms with Crippen molar-refractivity contribution in [1.29, 1.82) is 0 Å². The molecule has 4 nitrogen and oxygen atoms in total. The van der Waals surface area contributed by atoms with Gasteiger partial charge in [-0.3, -0.25) is 9.38 Å². The molecule has 1 heterocycles. The van der Waals surface area contributed by atoms with Crippen molar-refractivity contribution in [2.45, 2.75) is 6.92 Å².